The number of hydrogen-bond donors (Lipinski definition) is 1. The Kier molecular flexibility index (Phi) is 5.64. The third-order valence-electron chi connectivity index (χ3n) is 3.65. The summed E-state index contributed by atoms with van der Waals surface area (Å²) in [4.78, 5) is 24.1. The molecule has 0 fully saturated rings. The number of nitrogens with one attached hydrogen (secondary N) is 1. The minimum absolute atomic E-state index is 0.118. The smallest absolute Gasteiger partial charge is 0.363 e. The first kappa shape index (κ1) is 19.0. The fourth-order valence-corrected chi connectivity index (χ4v) is 2.34. The van der Waals surface area contributed by atoms with Gasteiger partial charge in [0.1, 0.15) is 11.6 Å². The van der Waals surface area contributed by atoms with Crippen LogP contribution in [0, 0.1) is 11.6 Å². The molecule has 1 N–H and O–H groups in total. The number of ether oxygens (including phenoxy) is 2. The number of nitrogens with zero attached hydrogens (tertiary/aromatic N) is 2. The highest BCUT2D eigenvalue weighted by Gasteiger charge is 2.21. The lowest BCUT2D eigenvalue weighted by molar-refractivity contribution is -0.119. The first-order valence-electron chi connectivity index (χ1n) is 8.09. The first-order chi connectivity index (χ1) is 13.5. The molecule has 0 unspecified atom stereocenters. The van der Waals surface area contributed by atoms with Gasteiger partial charge < -0.3 is 14.8 Å². The highest BCUT2D eigenvalue weighted by Crippen LogP contribution is 2.20. The van der Waals surface area contributed by atoms with E-state index in [-0.39, 0.29) is 17.1 Å². The molecule has 3 aromatic rings. The number of para-hydroxylation sites is 1. The molecule has 0 aliphatic carbocycles. The van der Waals surface area contributed by atoms with Crippen LogP contribution in [0.2, 0.25) is 0 Å². The first-order valence-corrected chi connectivity index (χ1v) is 8.09. The molecule has 0 saturated carbocycles. The summed E-state index contributed by atoms with van der Waals surface area (Å²) in [5.74, 6) is -3.23. The molecule has 1 amide bonds. The van der Waals surface area contributed by atoms with Gasteiger partial charge in [0.15, 0.2) is 12.4 Å². The number of carbonyl (C=O) groups excluding carboxylic acids is 2. The van der Waals surface area contributed by atoms with Crippen molar-refractivity contribution in [1.29, 1.82) is 0 Å². The third-order valence-corrected chi connectivity index (χ3v) is 3.65. The lowest BCUT2D eigenvalue weighted by Gasteiger charge is -2.07. The molecule has 28 heavy (non-hydrogen) atoms. The van der Waals surface area contributed by atoms with Crippen molar-refractivity contribution in [2.75, 3.05) is 19.0 Å². The maximum Gasteiger partial charge on any atom is 0.363 e. The second kappa shape index (κ2) is 8.30. The predicted octanol–water partition coefficient (Wildman–Crippen LogP) is 2.95. The van der Waals surface area contributed by atoms with E-state index < -0.39 is 30.1 Å². The van der Waals surface area contributed by atoms with E-state index in [9.17, 15) is 18.4 Å². The van der Waals surface area contributed by atoms with Crippen LogP contribution < -0.4 is 10.1 Å². The minimum Gasteiger partial charge on any atom is -0.493 e. The Bertz CT molecular complexity index is 1010. The fraction of sp³-hybridized carbons (Fsp3) is 0.105. The molecule has 1 aromatic heterocycles. The van der Waals surface area contributed by atoms with Crippen LogP contribution in [0.4, 0.5) is 14.5 Å². The van der Waals surface area contributed by atoms with Crippen molar-refractivity contribution in [3.63, 3.8) is 0 Å². The van der Waals surface area contributed by atoms with Gasteiger partial charge in [-0.3, -0.25) is 4.79 Å². The minimum atomic E-state index is -0.942. The average Bonchev–Trinajstić information content (AvgIpc) is 3.13. The Labute approximate surface area is 158 Å². The van der Waals surface area contributed by atoms with Crippen molar-refractivity contribution in [1.82, 2.24) is 9.78 Å². The predicted molar refractivity (Wildman–Crippen MR) is 95.4 cm³/mol. The van der Waals surface area contributed by atoms with E-state index in [0.29, 0.717) is 11.8 Å². The van der Waals surface area contributed by atoms with Crippen molar-refractivity contribution in [2.45, 2.75) is 0 Å². The van der Waals surface area contributed by atoms with Crippen LogP contribution in [-0.2, 0) is 9.53 Å². The molecule has 9 heteroatoms. The Morgan fingerprint density at radius 3 is 2.57 bits per heavy atom. The van der Waals surface area contributed by atoms with Crippen molar-refractivity contribution in [3.05, 3.63) is 72.1 Å². The summed E-state index contributed by atoms with van der Waals surface area (Å²) in [5.41, 5.74) is 0.352. The van der Waals surface area contributed by atoms with Gasteiger partial charge in [0, 0.05) is 6.07 Å². The summed E-state index contributed by atoms with van der Waals surface area (Å²) >= 11 is 0. The number of aromatic nitrogens is 2. The van der Waals surface area contributed by atoms with Crippen LogP contribution >= 0.6 is 0 Å². The van der Waals surface area contributed by atoms with Gasteiger partial charge in [-0.25, -0.2) is 18.3 Å². The maximum absolute atomic E-state index is 13.5. The van der Waals surface area contributed by atoms with Crippen molar-refractivity contribution < 1.29 is 27.8 Å². The SMILES string of the molecule is COc1cn(-c2ccccc2)nc1C(=O)OCC(=O)Nc1ccc(F)cc1F. The molecule has 0 aliphatic heterocycles. The normalized spacial score (nSPS) is 10.4. The molecule has 0 atom stereocenters. The summed E-state index contributed by atoms with van der Waals surface area (Å²) in [6.07, 6.45) is 1.50. The number of methoxy groups -OCH3 is 1. The van der Waals surface area contributed by atoms with Crippen molar-refractivity contribution in [2.24, 2.45) is 0 Å². The third kappa shape index (κ3) is 4.32. The molecule has 7 nitrogen and oxygen atoms in total. The van der Waals surface area contributed by atoms with Gasteiger partial charge in [-0.15, -0.1) is 0 Å². The zero-order valence-corrected chi connectivity index (χ0v) is 14.7. The molecule has 0 bridgehead atoms. The second-order valence-electron chi connectivity index (χ2n) is 5.57. The molecular weight excluding hydrogens is 372 g/mol. The molecule has 3 rings (SSSR count). The summed E-state index contributed by atoms with van der Waals surface area (Å²) in [5, 5.41) is 6.31. The quantitative estimate of drug-likeness (QED) is 0.658. The number of anilines is 1. The Hall–Kier alpha value is -3.75. The van der Waals surface area contributed by atoms with Gasteiger partial charge in [-0.05, 0) is 24.3 Å². The van der Waals surface area contributed by atoms with E-state index in [1.165, 1.54) is 18.0 Å². The van der Waals surface area contributed by atoms with Gasteiger partial charge in [0.05, 0.1) is 24.7 Å². The maximum atomic E-state index is 13.5. The average molecular weight is 387 g/mol. The van der Waals surface area contributed by atoms with Crippen molar-refractivity contribution >= 4 is 17.6 Å². The molecule has 0 aliphatic rings. The number of rotatable bonds is 6. The number of esters is 1. The lowest BCUT2D eigenvalue weighted by Crippen LogP contribution is -2.22. The van der Waals surface area contributed by atoms with E-state index in [2.05, 4.69) is 10.4 Å². The Morgan fingerprint density at radius 2 is 1.89 bits per heavy atom. The topological polar surface area (TPSA) is 82.5 Å². The molecule has 0 saturated heterocycles. The van der Waals surface area contributed by atoms with E-state index in [1.54, 1.807) is 24.3 Å². The number of hydrogen-bond acceptors (Lipinski definition) is 5. The number of benzene rings is 2. The zero-order chi connectivity index (χ0) is 20.1. The van der Waals surface area contributed by atoms with E-state index >= 15 is 0 Å². The Balaban J connectivity index is 1.66. The molecule has 144 valence electrons. The van der Waals surface area contributed by atoms with Gasteiger partial charge in [-0.1, -0.05) is 18.2 Å². The van der Waals surface area contributed by atoms with E-state index in [1.807, 2.05) is 6.07 Å². The van der Waals surface area contributed by atoms with Gasteiger partial charge in [0.2, 0.25) is 5.69 Å². The largest absolute Gasteiger partial charge is 0.493 e. The molecule has 1 heterocycles. The van der Waals surface area contributed by atoms with Crippen LogP contribution in [0.5, 0.6) is 5.75 Å². The highest BCUT2D eigenvalue weighted by atomic mass is 19.1. The standard InChI is InChI=1S/C19H15F2N3O4/c1-27-16-10-24(13-5-3-2-4-6-13)23-18(16)19(26)28-11-17(25)22-15-8-7-12(20)9-14(15)21/h2-10H,11H2,1H3,(H,22,25). The van der Waals surface area contributed by atoms with Crippen LogP contribution in [0.1, 0.15) is 10.5 Å². The number of carbonyl (C=O) groups is 2. The Morgan fingerprint density at radius 1 is 1.14 bits per heavy atom. The van der Waals surface area contributed by atoms with Gasteiger partial charge in [0.25, 0.3) is 5.91 Å². The second-order valence-corrected chi connectivity index (χ2v) is 5.57. The zero-order valence-electron chi connectivity index (χ0n) is 14.7. The summed E-state index contributed by atoms with van der Waals surface area (Å²) < 4.78 is 37.9. The van der Waals surface area contributed by atoms with Crippen LogP contribution in [0.25, 0.3) is 5.69 Å². The summed E-state index contributed by atoms with van der Waals surface area (Å²) in [7, 11) is 1.37. The highest BCUT2D eigenvalue weighted by molar-refractivity contribution is 5.95. The van der Waals surface area contributed by atoms with Crippen LogP contribution in [0.15, 0.2) is 54.7 Å². The van der Waals surface area contributed by atoms with Crippen LogP contribution in [0.3, 0.4) is 0 Å². The number of halogens is 2. The van der Waals surface area contributed by atoms with E-state index in [0.717, 1.165) is 12.1 Å². The molecule has 2 aromatic carbocycles. The summed E-state index contributed by atoms with van der Waals surface area (Å²) in [6, 6.07) is 11.7. The van der Waals surface area contributed by atoms with Gasteiger partial charge >= 0.3 is 5.97 Å². The van der Waals surface area contributed by atoms with Crippen molar-refractivity contribution in [3.8, 4) is 11.4 Å². The summed E-state index contributed by atoms with van der Waals surface area (Å²) in [6.45, 7) is -0.684. The lowest BCUT2D eigenvalue weighted by atomic mass is 10.3. The number of amides is 1. The van der Waals surface area contributed by atoms with Gasteiger partial charge in [-0.2, -0.15) is 5.10 Å². The van der Waals surface area contributed by atoms with Crippen LogP contribution in [-0.4, -0.2) is 35.4 Å². The molecular formula is C19H15F2N3O4. The molecule has 0 spiro atoms. The monoisotopic (exact) mass is 387 g/mol. The fourth-order valence-electron chi connectivity index (χ4n) is 2.34. The molecule has 0 radical (unpaired) electrons. The van der Waals surface area contributed by atoms with E-state index in [4.69, 9.17) is 9.47 Å².